The number of carboxylic acids is 1. The first-order chi connectivity index (χ1) is 10.6. The highest BCUT2D eigenvalue weighted by Gasteiger charge is 2.11. The van der Waals surface area contributed by atoms with Gasteiger partial charge in [-0.05, 0) is 24.1 Å². The number of hydrogen-bond donors (Lipinski definition) is 1. The minimum Gasteiger partial charge on any atom is -0.476 e. The molecule has 6 heteroatoms. The summed E-state index contributed by atoms with van der Waals surface area (Å²) < 4.78 is 6.81. The average molecular weight is 297 g/mol. The second-order valence-electron chi connectivity index (χ2n) is 4.98. The van der Waals surface area contributed by atoms with Crippen molar-refractivity contribution in [2.75, 3.05) is 7.11 Å². The Morgan fingerprint density at radius 1 is 1.32 bits per heavy atom. The number of benzene rings is 1. The molecule has 0 aliphatic heterocycles. The minimum absolute atomic E-state index is 0.0000401. The lowest BCUT2D eigenvalue weighted by atomic mass is 10.0. The van der Waals surface area contributed by atoms with Crippen molar-refractivity contribution in [2.24, 2.45) is 0 Å². The van der Waals surface area contributed by atoms with Crippen molar-refractivity contribution < 1.29 is 14.6 Å². The molecule has 3 rings (SSSR count). The normalized spacial score (nSPS) is 12.5. The van der Waals surface area contributed by atoms with Gasteiger partial charge in [-0.15, -0.1) is 0 Å². The number of nitrogens with zero attached hydrogens (tertiary/aromatic N) is 3. The summed E-state index contributed by atoms with van der Waals surface area (Å²) >= 11 is 0. The summed E-state index contributed by atoms with van der Waals surface area (Å²) in [4.78, 5) is 15.2. The summed E-state index contributed by atoms with van der Waals surface area (Å²) in [6, 6.07) is 9.39. The maximum Gasteiger partial charge on any atom is 0.356 e. The molecule has 2 heterocycles. The molecule has 1 N–H and O–H groups in total. The van der Waals surface area contributed by atoms with Crippen molar-refractivity contribution in [3.8, 4) is 11.1 Å². The van der Waals surface area contributed by atoms with Crippen LogP contribution < -0.4 is 0 Å². The number of carbonyl (C=O) groups is 1. The van der Waals surface area contributed by atoms with Crippen LogP contribution in [0.2, 0.25) is 0 Å². The van der Waals surface area contributed by atoms with E-state index in [0.29, 0.717) is 5.65 Å². The minimum atomic E-state index is -1.07. The fourth-order valence-corrected chi connectivity index (χ4v) is 2.24. The van der Waals surface area contributed by atoms with Crippen LogP contribution in [0.3, 0.4) is 0 Å². The zero-order chi connectivity index (χ0) is 15.7. The van der Waals surface area contributed by atoms with E-state index in [1.807, 2.05) is 31.2 Å². The maximum absolute atomic E-state index is 11.0. The highest BCUT2D eigenvalue weighted by Crippen LogP contribution is 2.24. The van der Waals surface area contributed by atoms with Crippen molar-refractivity contribution in [2.45, 2.75) is 13.0 Å². The van der Waals surface area contributed by atoms with Crippen LogP contribution in [0.5, 0.6) is 0 Å². The molecule has 0 amide bonds. The molecule has 0 saturated heterocycles. The Bertz CT molecular complexity index is 842. The third-order valence-electron chi connectivity index (χ3n) is 3.58. The first-order valence-electron chi connectivity index (χ1n) is 6.80. The summed E-state index contributed by atoms with van der Waals surface area (Å²) in [7, 11) is 1.67. The highest BCUT2D eigenvalue weighted by molar-refractivity contribution is 5.86. The van der Waals surface area contributed by atoms with Gasteiger partial charge in [-0.2, -0.15) is 5.10 Å². The van der Waals surface area contributed by atoms with E-state index in [0.717, 1.165) is 16.7 Å². The quantitative estimate of drug-likeness (QED) is 0.801. The van der Waals surface area contributed by atoms with Gasteiger partial charge < -0.3 is 9.84 Å². The van der Waals surface area contributed by atoms with E-state index in [1.54, 1.807) is 19.5 Å². The van der Waals surface area contributed by atoms with Crippen LogP contribution in [0.15, 0.2) is 42.7 Å². The molecule has 2 aromatic heterocycles. The first-order valence-corrected chi connectivity index (χ1v) is 6.80. The molecule has 0 bridgehead atoms. The van der Waals surface area contributed by atoms with Crippen LogP contribution >= 0.6 is 0 Å². The van der Waals surface area contributed by atoms with Gasteiger partial charge in [0.2, 0.25) is 0 Å². The second kappa shape index (κ2) is 5.57. The van der Waals surface area contributed by atoms with E-state index < -0.39 is 5.97 Å². The number of aromatic nitrogens is 3. The van der Waals surface area contributed by atoms with Crippen molar-refractivity contribution >= 4 is 11.6 Å². The Labute approximate surface area is 127 Å². The van der Waals surface area contributed by atoms with Gasteiger partial charge in [0.15, 0.2) is 11.3 Å². The lowest BCUT2D eigenvalue weighted by Crippen LogP contribution is -1.98. The molecule has 0 fully saturated rings. The number of rotatable bonds is 4. The fourth-order valence-electron chi connectivity index (χ4n) is 2.24. The SMILES string of the molecule is COC(C)c1cccc(-c2cnc3cc(C(=O)O)nn3c2)c1. The largest absolute Gasteiger partial charge is 0.476 e. The highest BCUT2D eigenvalue weighted by atomic mass is 16.5. The topological polar surface area (TPSA) is 76.7 Å². The van der Waals surface area contributed by atoms with Crippen LogP contribution in [0.25, 0.3) is 16.8 Å². The van der Waals surface area contributed by atoms with Gasteiger partial charge in [-0.1, -0.05) is 18.2 Å². The summed E-state index contributed by atoms with van der Waals surface area (Å²) in [6.45, 7) is 1.98. The molecule has 1 aromatic carbocycles. The van der Waals surface area contributed by atoms with Crippen LogP contribution in [-0.2, 0) is 4.74 Å². The zero-order valence-electron chi connectivity index (χ0n) is 12.2. The van der Waals surface area contributed by atoms with E-state index in [9.17, 15) is 4.79 Å². The number of aromatic carboxylic acids is 1. The van der Waals surface area contributed by atoms with Gasteiger partial charge in [0.25, 0.3) is 0 Å². The van der Waals surface area contributed by atoms with E-state index in [4.69, 9.17) is 9.84 Å². The molecule has 0 aliphatic carbocycles. The molecule has 0 spiro atoms. The number of fused-ring (bicyclic) bond motifs is 1. The lowest BCUT2D eigenvalue weighted by Gasteiger charge is -2.11. The Kier molecular flexibility index (Phi) is 3.60. The van der Waals surface area contributed by atoms with Crippen LogP contribution in [-0.4, -0.2) is 32.8 Å². The smallest absolute Gasteiger partial charge is 0.356 e. The van der Waals surface area contributed by atoms with E-state index in [-0.39, 0.29) is 11.8 Å². The molecule has 1 atom stereocenters. The molecule has 0 radical (unpaired) electrons. The third kappa shape index (κ3) is 2.56. The third-order valence-corrected chi connectivity index (χ3v) is 3.58. The monoisotopic (exact) mass is 297 g/mol. The van der Waals surface area contributed by atoms with Crippen molar-refractivity contribution in [1.29, 1.82) is 0 Å². The van der Waals surface area contributed by atoms with Gasteiger partial charge in [0.1, 0.15) is 0 Å². The number of carboxylic acid groups (broad SMARTS) is 1. The summed E-state index contributed by atoms with van der Waals surface area (Å²) in [5, 5.41) is 13.0. The molecule has 3 aromatic rings. The molecule has 0 aliphatic rings. The van der Waals surface area contributed by atoms with Crippen LogP contribution in [0.1, 0.15) is 29.1 Å². The molecule has 6 nitrogen and oxygen atoms in total. The van der Waals surface area contributed by atoms with Crippen molar-refractivity contribution in [3.05, 3.63) is 54.0 Å². The van der Waals surface area contributed by atoms with Crippen LogP contribution in [0.4, 0.5) is 0 Å². The predicted octanol–water partition coefficient (Wildman–Crippen LogP) is 2.80. The van der Waals surface area contributed by atoms with E-state index in [1.165, 1.54) is 10.6 Å². The van der Waals surface area contributed by atoms with Gasteiger partial charge in [0, 0.05) is 31.1 Å². The predicted molar refractivity (Wildman–Crippen MR) is 80.8 cm³/mol. The number of methoxy groups -OCH3 is 1. The molecule has 0 saturated carbocycles. The molecule has 112 valence electrons. The Hall–Kier alpha value is -2.73. The molecular weight excluding hydrogens is 282 g/mol. The molecular formula is C16H15N3O3. The lowest BCUT2D eigenvalue weighted by molar-refractivity contribution is 0.0690. The number of hydrogen-bond acceptors (Lipinski definition) is 4. The Morgan fingerprint density at radius 2 is 2.14 bits per heavy atom. The molecule has 22 heavy (non-hydrogen) atoms. The van der Waals surface area contributed by atoms with Gasteiger partial charge in [-0.3, -0.25) is 0 Å². The average Bonchev–Trinajstić information content (AvgIpc) is 2.97. The summed E-state index contributed by atoms with van der Waals surface area (Å²) in [6.07, 6.45) is 3.48. The van der Waals surface area contributed by atoms with Gasteiger partial charge in [-0.25, -0.2) is 14.3 Å². The molecule has 1 unspecified atom stereocenters. The zero-order valence-corrected chi connectivity index (χ0v) is 12.2. The standard InChI is InChI=1S/C16H15N3O3/c1-10(22-2)11-4-3-5-12(6-11)13-8-17-15-7-14(16(20)21)18-19(15)9-13/h3-10H,1-2H3,(H,20,21). The van der Waals surface area contributed by atoms with Crippen LogP contribution in [0, 0.1) is 0 Å². The van der Waals surface area contributed by atoms with Crippen molar-refractivity contribution in [1.82, 2.24) is 14.6 Å². The van der Waals surface area contributed by atoms with Gasteiger partial charge in [0.05, 0.1) is 6.10 Å². The Balaban J connectivity index is 2.04. The fraction of sp³-hybridized carbons (Fsp3) is 0.188. The van der Waals surface area contributed by atoms with E-state index >= 15 is 0 Å². The number of ether oxygens (including phenoxy) is 1. The second-order valence-corrected chi connectivity index (χ2v) is 4.98. The maximum atomic E-state index is 11.0. The van der Waals surface area contributed by atoms with E-state index in [2.05, 4.69) is 10.1 Å². The Morgan fingerprint density at radius 3 is 2.86 bits per heavy atom. The summed E-state index contributed by atoms with van der Waals surface area (Å²) in [5.41, 5.74) is 3.38. The first kappa shape index (κ1) is 14.2. The van der Waals surface area contributed by atoms with Crippen molar-refractivity contribution in [3.63, 3.8) is 0 Å². The summed E-state index contributed by atoms with van der Waals surface area (Å²) in [5.74, 6) is -1.07. The van der Waals surface area contributed by atoms with Gasteiger partial charge >= 0.3 is 5.97 Å².